The lowest BCUT2D eigenvalue weighted by atomic mass is 10.2. The summed E-state index contributed by atoms with van der Waals surface area (Å²) in [5.74, 6) is -0.523. The minimum atomic E-state index is -0.337. The fraction of sp³-hybridized carbons (Fsp3) is 0.200. The van der Waals surface area contributed by atoms with Crippen LogP contribution in [0, 0.1) is 5.82 Å². The van der Waals surface area contributed by atoms with Gasteiger partial charge in [-0.1, -0.05) is 12.2 Å². The van der Waals surface area contributed by atoms with Crippen molar-refractivity contribution in [3.8, 4) is 0 Å². The van der Waals surface area contributed by atoms with Crippen molar-refractivity contribution in [1.29, 1.82) is 0 Å². The molecule has 3 N–H and O–H groups in total. The predicted octanol–water partition coefficient (Wildman–Crippen LogP) is 1.83. The van der Waals surface area contributed by atoms with E-state index in [1.807, 2.05) is 0 Å². The topological polar surface area (TPSA) is 55.1 Å². The molecular formula is C10H11FN2OS. The van der Waals surface area contributed by atoms with E-state index in [2.05, 4.69) is 17.5 Å². The van der Waals surface area contributed by atoms with Crippen molar-refractivity contribution in [2.45, 2.75) is 12.8 Å². The Balaban J connectivity index is 2.44. The largest absolute Gasteiger partial charge is 0.393 e. The minimum absolute atomic E-state index is 0.186. The first-order valence-corrected chi connectivity index (χ1v) is 4.82. The van der Waals surface area contributed by atoms with Gasteiger partial charge in [0.25, 0.3) is 0 Å². The van der Waals surface area contributed by atoms with E-state index in [1.54, 1.807) is 0 Å². The third-order valence-electron chi connectivity index (χ3n) is 1.73. The summed E-state index contributed by atoms with van der Waals surface area (Å²) in [6.07, 6.45) is 0.620. The summed E-state index contributed by atoms with van der Waals surface area (Å²) in [5.41, 5.74) is 5.82. The monoisotopic (exact) mass is 226 g/mol. The number of carbonyl (C=O) groups excluding carboxylic acids is 1. The molecule has 0 aliphatic rings. The number of benzene rings is 1. The van der Waals surface area contributed by atoms with E-state index in [-0.39, 0.29) is 18.1 Å². The molecule has 1 aromatic carbocycles. The van der Waals surface area contributed by atoms with Gasteiger partial charge in [-0.3, -0.25) is 4.79 Å². The van der Waals surface area contributed by atoms with Crippen molar-refractivity contribution in [2.24, 2.45) is 5.73 Å². The van der Waals surface area contributed by atoms with Crippen LogP contribution in [-0.2, 0) is 4.79 Å². The van der Waals surface area contributed by atoms with Gasteiger partial charge in [0, 0.05) is 18.5 Å². The zero-order chi connectivity index (χ0) is 11.3. The molecule has 3 nitrogen and oxygen atoms in total. The van der Waals surface area contributed by atoms with Crippen LogP contribution in [-0.4, -0.2) is 10.9 Å². The molecule has 0 aliphatic carbocycles. The zero-order valence-electron chi connectivity index (χ0n) is 8.00. The van der Waals surface area contributed by atoms with Crippen LogP contribution in [0.4, 0.5) is 10.1 Å². The van der Waals surface area contributed by atoms with Gasteiger partial charge in [-0.05, 0) is 24.3 Å². The highest BCUT2D eigenvalue weighted by molar-refractivity contribution is 7.80. The lowest BCUT2D eigenvalue weighted by Gasteiger charge is -2.04. The Hall–Kier alpha value is -1.49. The van der Waals surface area contributed by atoms with Gasteiger partial charge >= 0.3 is 0 Å². The van der Waals surface area contributed by atoms with E-state index < -0.39 is 0 Å². The summed E-state index contributed by atoms with van der Waals surface area (Å²) in [6, 6.07) is 5.55. The summed E-state index contributed by atoms with van der Waals surface area (Å²) in [5, 5.41) is 2.60. The number of hydrogen-bond acceptors (Lipinski definition) is 2. The summed E-state index contributed by atoms with van der Waals surface area (Å²) >= 11 is 4.64. The molecule has 0 heterocycles. The standard InChI is InChI=1S/C10H11FN2OS/c11-7-1-3-8(4-2-7)13-10(14)6-5-9(12)15/h1-4H,5-6H2,(H2,12,15)(H,13,14). The van der Waals surface area contributed by atoms with Gasteiger partial charge in [0.2, 0.25) is 5.91 Å². The first-order valence-electron chi connectivity index (χ1n) is 4.41. The molecule has 0 fully saturated rings. The van der Waals surface area contributed by atoms with Crippen LogP contribution < -0.4 is 11.1 Å². The second-order valence-corrected chi connectivity index (χ2v) is 3.55. The molecule has 5 heteroatoms. The highest BCUT2D eigenvalue weighted by Gasteiger charge is 2.02. The van der Waals surface area contributed by atoms with Crippen molar-refractivity contribution >= 4 is 28.8 Å². The molecule has 0 atom stereocenters. The van der Waals surface area contributed by atoms with Crippen LogP contribution in [0.2, 0.25) is 0 Å². The zero-order valence-corrected chi connectivity index (χ0v) is 8.81. The molecule has 0 saturated heterocycles. The van der Waals surface area contributed by atoms with Gasteiger partial charge < -0.3 is 11.1 Å². The molecule has 0 radical (unpaired) electrons. The van der Waals surface area contributed by atoms with Gasteiger partial charge in [-0.25, -0.2) is 4.39 Å². The third-order valence-corrected chi connectivity index (χ3v) is 1.93. The number of carbonyl (C=O) groups is 1. The number of rotatable bonds is 4. The van der Waals surface area contributed by atoms with Crippen LogP contribution in [0.3, 0.4) is 0 Å². The van der Waals surface area contributed by atoms with Gasteiger partial charge in [0.1, 0.15) is 5.82 Å². The SMILES string of the molecule is NC(=S)CCC(=O)Nc1ccc(F)cc1. The Morgan fingerprint density at radius 2 is 1.93 bits per heavy atom. The molecule has 0 spiro atoms. The average molecular weight is 226 g/mol. The Morgan fingerprint density at radius 1 is 1.33 bits per heavy atom. The van der Waals surface area contributed by atoms with Crippen LogP contribution in [0.15, 0.2) is 24.3 Å². The Bertz CT molecular complexity index is 364. The molecule has 80 valence electrons. The first-order chi connectivity index (χ1) is 7.08. The smallest absolute Gasteiger partial charge is 0.224 e. The Morgan fingerprint density at radius 3 is 2.47 bits per heavy atom. The second kappa shape index (κ2) is 5.41. The molecule has 0 unspecified atom stereocenters. The van der Waals surface area contributed by atoms with Crippen LogP contribution >= 0.6 is 12.2 Å². The van der Waals surface area contributed by atoms with Gasteiger partial charge in [0.15, 0.2) is 0 Å². The first kappa shape index (κ1) is 11.6. The van der Waals surface area contributed by atoms with Gasteiger partial charge in [0.05, 0.1) is 4.99 Å². The molecule has 0 saturated carbocycles. The van der Waals surface area contributed by atoms with Crippen LogP contribution in [0.25, 0.3) is 0 Å². The summed E-state index contributed by atoms with van der Waals surface area (Å²) < 4.78 is 12.5. The Kier molecular flexibility index (Phi) is 4.17. The lowest BCUT2D eigenvalue weighted by Crippen LogP contribution is -2.15. The number of amides is 1. The Labute approximate surface area is 92.5 Å². The fourth-order valence-electron chi connectivity index (χ4n) is 0.993. The molecule has 15 heavy (non-hydrogen) atoms. The van der Waals surface area contributed by atoms with Crippen molar-refractivity contribution in [3.63, 3.8) is 0 Å². The quantitative estimate of drug-likeness (QED) is 0.770. The highest BCUT2D eigenvalue weighted by atomic mass is 32.1. The summed E-state index contributed by atoms with van der Waals surface area (Å²) in [6.45, 7) is 0. The maximum absolute atomic E-state index is 12.5. The molecule has 1 rings (SSSR count). The number of halogens is 1. The number of hydrogen-bond donors (Lipinski definition) is 2. The van der Waals surface area contributed by atoms with Crippen molar-refractivity contribution in [2.75, 3.05) is 5.32 Å². The average Bonchev–Trinajstić information content (AvgIpc) is 2.19. The predicted molar refractivity (Wildman–Crippen MR) is 61.0 cm³/mol. The maximum atomic E-state index is 12.5. The molecule has 0 aliphatic heterocycles. The van der Waals surface area contributed by atoms with E-state index in [4.69, 9.17) is 5.73 Å². The van der Waals surface area contributed by atoms with E-state index in [1.165, 1.54) is 24.3 Å². The van der Waals surface area contributed by atoms with Crippen molar-refractivity contribution in [3.05, 3.63) is 30.1 Å². The van der Waals surface area contributed by atoms with Gasteiger partial charge in [-0.2, -0.15) is 0 Å². The number of nitrogens with two attached hydrogens (primary N) is 1. The number of nitrogens with one attached hydrogen (secondary N) is 1. The highest BCUT2D eigenvalue weighted by Crippen LogP contribution is 2.08. The lowest BCUT2D eigenvalue weighted by molar-refractivity contribution is -0.116. The number of anilines is 1. The summed E-state index contributed by atoms with van der Waals surface area (Å²) in [7, 11) is 0. The van der Waals surface area contributed by atoms with Crippen molar-refractivity contribution in [1.82, 2.24) is 0 Å². The van der Waals surface area contributed by atoms with E-state index >= 15 is 0 Å². The molecule has 1 aromatic rings. The molecule has 1 amide bonds. The molecule has 0 aromatic heterocycles. The molecule has 0 bridgehead atoms. The van der Waals surface area contributed by atoms with Crippen LogP contribution in [0.5, 0.6) is 0 Å². The summed E-state index contributed by atoms with van der Waals surface area (Å²) in [4.78, 5) is 11.6. The van der Waals surface area contributed by atoms with E-state index in [9.17, 15) is 9.18 Å². The van der Waals surface area contributed by atoms with Gasteiger partial charge in [-0.15, -0.1) is 0 Å². The second-order valence-electron chi connectivity index (χ2n) is 3.02. The van der Waals surface area contributed by atoms with Crippen LogP contribution in [0.1, 0.15) is 12.8 Å². The number of thiocarbonyl (C=S) groups is 1. The van der Waals surface area contributed by atoms with Crippen molar-refractivity contribution < 1.29 is 9.18 Å². The minimum Gasteiger partial charge on any atom is -0.393 e. The third kappa shape index (κ3) is 4.51. The molecular weight excluding hydrogens is 215 g/mol. The normalized spacial score (nSPS) is 9.67. The maximum Gasteiger partial charge on any atom is 0.224 e. The van der Waals surface area contributed by atoms with E-state index in [0.717, 1.165) is 0 Å². The fourth-order valence-corrected chi connectivity index (χ4v) is 1.10. The van der Waals surface area contributed by atoms with E-state index in [0.29, 0.717) is 17.1 Å².